The molecular weight excluding hydrogens is 312 g/mol. The lowest BCUT2D eigenvalue weighted by Gasteiger charge is -2.15. The third kappa shape index (κ3) is 3.38. The molecule has 1 aromatic carbocycles. The summed E-state index contributed by atoms with van der Waals surface area (Å²) in [6.45, 7) is 4.88. The molecule has 0 radical (unpaired) electrons. The molecule has 0 aliphatic carbocycles. The Hall–Kier alpha value is -2.71. The quantitative estimate of drug-likeness (QED) is 0.918. The van der Waals surface area contributed by atoms with Crippen LogP contribution >= 0.6 is 0 Å². The van der Waals surface area contributed by atoms with Gasteiger partial charge in [0, 0.05) is 0 Å². The molecule has 1 heterocycles. The monoisotopic (exact) mass is 327 g/mol. The first kappa shape index (κ1) is 16.7. The van der Waals surface area contributed by atoms with E-state index in [1.165, 1.54) is 0 Å². The van der Waals surface area contributed by atoms with Crippen molar-refractivity contribution in [2.24, 2.45) is 5.73 Å². The number of hydrogen-bond donors (Lipinski definition) is 1. The van der Waals surface area contributed by atoms with Gasteiger partial charge in [0.2, 0.25) is 0 Å². The van der Waals surface area contributed by atoms with E-state index in [2.05, 4.69) is 5.10 Å². The van der Waals surface area contributed by atoms with Gasteiger partial charge in [-0.25, -0.2) is 13.6 Å². The van der Waals surface area contributed by atoms with Crippen LogP contribution in [0.15, 0.2) is 21.3 Å². The highest BCUT2D eigenvalue weighted by atomic mass is 19.1. The molecule has 0 atom stereocenters. The summed E-state index contributed by atoms with van der Waals surface area (Å²) in [6.07, 6.45) is 0. The summed E-state index contributed by atoms with van der Waals surface area (Å²) >= 11 is 0. The molecule has 0 aliphatic heterocycles. The van der Waals surface area contributed by atoms with Crippen molar-refractivity contribution in [3.8, 4) is 5.75 Å². The Morgan fingerprint density at radius 1 is 1.39 bits per heavy atom. The number of hydrogen-bond acceptors (Lipinski definition) is 5. The summed E-state index contributed by atoms with van der Waals surface area (Å²) in [5, 5.41) is 3.93. The van der Waals surface area contributed by atoms with E-state index >= 15 is 0 Å². The van der Waals surface area contributed by atoms with Gasteiger partial charge in [-0.05, 0) is 32.9 Å². The molecule has 0 bridgehead atoms. The highest BCUT2D eigenvalue weighted by Gasteiger charge is 2.22. The van der Waals surface area contributed by atoms with E-state index in [0.29, 0.717) is 0 Å². The van der Waals surface area contributed by atoms with Crippen LogP contribution in [0.25, 0.3) is 0 Å². The maximum absolute atomic E-state index is 14.0. The summed E-state index contributed by atoms with van der Waals surface area (Å²) in [7, 11) is 0. The lowest BCUT2D eigenvalue weighted by molar-refractivity contribution is 0.0991. The minimum atomic E-state index is -1.26. The number of carbonyl (C=O) groups excluding carboxylic acids is 1. The van der Waals surface area contributed by atoms with Crippen molar-refractivity contribution >= 4 is 5.91 Å². The maximum atomic E-state index is 14.0. The zero-order valence-electron chi connectivity index (χ0n) is 12.7. The fourth-order valence-corrected chi connectivity index (χ4v) is 1.81. The number of benzene rings is 1. The van der Waals surface area contributed by atoms with Gasteiger partial charge in [0.15, 0.2) is 18.2 Å². The van der Waals surface area contributed by atoms with Crippen LogP contribution in [0.1, 0.15) is 37.0 Å². The Labute approximate surface area is 129 Å². The molecule has 23 heavy (non-hydrogen) atoms. The zero-order chi connectivity index (χ0) is 17.4. The van der Waals surface area contributed by atoms with Crippen molar-refractivity contribution in [1.29, 1.82) is 0 Å². The molecule has 1 amide bonds. The van der Waals surface area contributed by atoms with Crippen molar-refractivity contribution in [2.75, 3.05) is 0 Å². The third-order valence-corrected chi connectivity index (χ3v) is 2.88. The molecular formula is C14H15F2N3O4. The van der Waals surface area contributed by atoms with Crippen molar-refractivity contribution in [2.45, 2.75) is 32.9 Å². The number of aromatic nitrogens is 2. The van der Waals surface area contributed by atoms with Crippen LogP contribution in [0.3, 0.4) is 0 Å². The van der Waals surface area contributed by atoms with Gasteiger partial charge >= 0.3 is 5.76 Å². The minimum Gasteiger partial charge on any atom is -0.481 e. The molecule has 0 saturated heterocycles. The highest BCUT2D eigenvalue weighted by molar-refractivity contribution is 5.93. The van der Waals surface area contributed by atoms with Gasteiger partial charge in [-0.3, -0.25) is 4.79 Å². The molecule has 0 unspecified atom stereocenters. The van der Waals surface area contributed by atoms with Crippen LogP contribution in [0.2, 0.25) is 0 Å². The van der Waals surface area contributed by atoms with Gasteiger partial charge in [0.1, 0.15) is 11.4 Å². The normalized spacial score (nSPS) is 11.5. The smallest absolute Gasteiger partial charge is 0.437 e. The SMILES string of the molecule is CC(C)(C)n1nc(COc2ccc(F)c(C(N)=O)c2F)oc1=O. The Morgan fingerprint density at radius 3 is 2.57 bits per heavy atom. The molecule has 9 heteroatoms. The van der Waals surface area contributed by atoms with Gasteiger partial charge in [-0.1, -0.05) is 0 Å². The van der Waals surface area contributed by atoms with E-state index in [4.69, 9.17) is 14.9 Å². The van der Waals surface area contributed by atoms with E-state index in [1.807, 2.05) is 0 Å². The maximum Gasteiger partial charge on any atom is 0.437 e. The van der Waals surface area contributed by atoms with Gasteiger partial charge < -0.3 is 14.9 Å². The molecule has 0 fully saturated rings. The molecule has 0 saturated carbocycles. The van der Waals surface area contributed by atoms with Crippen molar-refractivity contribution in [3.63, 3.8) is 0 Å². The number of nitrogens with zero attached hydrogens (tertiary/aromatic N) is 2. The summed E-state index contributed by atoms with van der Waals surface area (Å²) in [4.78, 5) is 22.7. The fraction of sp³-hybridized carbons (Fsp3) is 0.357. The first-order valence-electron chi connectivity index (χ1n) is 6.61. The Morgan fingerprint density at radius 2 is 2.04 bits per heavy atom. The molecule has 124 valence electrons. The molecule has 2 aromatic rings. The van der Waals surface area contributed by atoms with Gasteiger partial charge in [-0.2, -0.15) is 4.68 Å². The largest absolute Gasteiger partial charge is 0.481 e. The van der Waals surface area contributed by atoms with Crippen LogP contribution < -0.4 is 16.2 Å². The number of carbonyl (C=O) groups is 1. The van der Waals surface area contributed by atoms with Gasteiger partial charge in [0.25, 0.3) is 11.8 Å². The number of rotatable bonds is 4. The topological polar surface area (TPSA) is 100 Å². The molecule has 2 rings (SSSR count). The van der Waals surface area contributed by atoms with Crippen molar-refractivity contribution in [1.82, 2.24) is 9.78 Å². The fourth-order valence-electron chi connectivity index (χ4n) is 1.81. The second kappa shape index (κ2) is 5.82. The first-order chi connectivity index (χ1) is 10.6. The van der Waals surface area contributed by atoms with E-state index in [-0.39, 0.29) is 12.5 Å². The van der Waals surface area contributed by atoms with Crippen molar-refractivity contribution < 1.29 is 22.7 Å². The van der Waals surface area contributed by atoms with E-state index < -0.39 is 40.1 Å². The molecule has 1 aromatic heterocycles. The Balaban J connectivity index is 2.24. The summed E-state index contributed by atoms with van der Waals surface area (Å²) in [6, 6.07) is 1.85. The number of nitrogens with two attached hydrogens (primary N) is 1. The average molecular weight is 327 g/mol. The predicted molar refractivity (Wildman–Crippen MR) is 75.0 cm³/mol. The highest BCUT2D eigenvalue weighted by Crippen LogP contribution is 2.23. The van der Waals surface area contributed by atoms with E-state index in [0.717, 1.165) is 16.8 Å². The minimum absolute atomic E-state index is 0.0886. The van der Waals surface area contributed by atoms with Crippen molar-refractivity contribution in [3.05, 3.63) is 45.8 Å². The lowest BCUT2D eigenvalue weighted by Crippen LogP contribution is -2.32. The molecule has 0 spiro atoms. The third-order valence-electron chi connectivity index (χ3n) is 2.88. The summed E-state index contributed by atoms with van der Waals surface area (Å²) < 4.78 is 38.4. The van der Waals surface area contributed by atoms with Crippen LogP contribution in [-0.4, -0.2) is 15.7 Å². The van der Waals surface area contributed by atoms with Crippen LogP contribution in [0.4, 0.5) is 8.78 Å². The van der Waals surface area contributed by atoms with Gasteiger partial charge in [0.05, 0.1) is 5.54 Å². The molecule has 0 aliphatic rings. The number of ether oxygens (including phenoxy) is 1. The second-order valence-electron chi connectivity index (χ2n) is 5.73. The van der Waals surface area contributed by atoms with E-state index in [1.54, 1.807) is 20.8 Å². The first-order valence-corrected chi connectivity index (χ1v) is 6.61. The number of primary amides is 1. The van der Waals surface area contributed by atoms with Gasteiger partial charge in [-0.15, -0.1) is 5.10 Å². The van der Waals surface area contributed by atoms with Crippen LogP contribution in [0.5, 0.6) is 5.75 Å². The average Bonchev–Trinajstić information content (AvgIpc) is 2.78. The standard InChI is InChI=1S/C14H15F2N3O4/c1-14(2,3)19-13(21)23-9(18-19)6-22-8-5-4-7(15)10(11(8)16)12(17)20/h4-5H,6H2,1-3H3,(H2,17,20). The number of amides is 1. The number of halogens is 2. The molecule has 7 nitrogen and oxygen atoms in total. The summed E-state index contributed by atoms with van der Waals surface area (Å²) in [5.41, 5.74) is 3.42. The lowest BCUT2D eigenvalue weighted by atomic mass is 10.1. The summed E-state index contributed by atoms with van der Waals surface area (Å²) in [5.74, 6) is -4.76. The van der Waals surface area contributed by atoms with Crippen LogP contribution in [-0.2, 0) is 12.1 Å². The Kier molecular flexibility index (Phi) is 4.22. The molecule has 2 N–H and O–H groups in total. The second-order valence-corrected chi connectivity index (χ2v) is 5.73. The predicted octanol–water partition coefficient (Wildman–Crippen LogP) is 1.55. The van der Waals surface area contributed by atoms with Crippen LogP contribution in [0, 0.1) is 11.6 Å². The Bertz CT molecular complexity index is 805. The van der Waals surface area contributed by atoms with E-state index in [9.17, 15) is 18.4 Å². The zero-order valence-corrected chi connectivity index (χ0v) is 12.7.